The van der Waals surface area contributed by atoms with Crippen LogP contribution in [-0.4, -0.2) is 15.8 Å². The van der Waals surface area contributed by atoms with Crippen molar-refractivity contribution in [1.29, 1.82) is 0 Å². The molecule has 0 bridgehead atoms. The molecule has 1 fully saturated rings. The molecule has 0 aromatic carbocycles. The topological polar surface area (TPSA) is 43.8 Å². The highest BCUT2D eigenvalue weighted by molar-refractivity contribution is 5.03. The SMILES string of the molecule is Cn1cc(CCC(N)CCC2CCCC2)cn1. The molecule has 1 aromatic rings. The monoisotopic (exact) mass is 235 g/mol. The maximum absolute atomic E-state index is 6.18. The third-order valence-corrected chi connectivity index (χ3v) is 3.98. The second-order valence-electron chi connectivity index (χ2n) is 5.55. The fraction of sp³-hybridized carbons (Fsp3) is 0.786. The van der Waals surface area contributed by atoms with Gasteiger partial charge in [-0.2, -0.15) is 5.10 Å². The van der Waals surface area contributed by atoms with Crippen molar-refractivity contribution in [1.82, 2.24) is 9.78 Å². The van der Waals surface area contributed by atoms with Gasteiger partial charge in [0, 0.05) is 19.3 Å². The Kier molecular flexibility index (Phi) is 4.60. The van der Waals surface area contributed by atoms with Gasteiger partial charge in [0.15, 0.2) is 0 Å². The van der Waals surface area contributed by atoms with Crippen LogP contribution in [0.2, 0.25) is 0 Å². The lowest BCUT2D eigenvalue weighted by molar-refractivity contribution is 0.437. The highest BCUT2D eigenvalue weighted by atomic mass is 15.2. The Morgan fingerprint density at radius 2 is 2.18 bits per heavy atom. The van der Waals surface area contributed by atoms with E-state index in [9.17, 15) is 0 Å². The van der Waals surface area contributed by atoms with Crippen molar-refractivity contribution in [2.75, 3.05) is 0 Å². The van der Waals surface area contributed by atoms with Gasteiger partial charge in [-0.15, -0.1) is 0 Å². The molecule has 1 heterocycles. The summed E-state index contributed by atoms with van der Waals surface area (Å²) in [5.74, 6) is 0.972. The standard InChI is InChI=1S/C14H25N3/c1-17-11-13(10-16-17)7-9-14(15)8-6-12-4-2-3-5-12/h10-12,14H,2-9,15H2,1H3. The number of nitrogens with two attached hydrogens (primary N) is 1. The van der Waals surface area contributed by atoms with Crippen LogP contribution < -0.4 is 5.73 Å². The molecule has 3 heteroatoms. The molecular formula is C14H25N3. The third kappa shape index (κ3) is 4.15. The zero-order valence-electron chi connectivity index (χ0n) is 10.9. The van der Waals surface area contributed by atoms with Crippen LogP contribution in [0.4, 0.5) is 0 Å². The van der Waals surface area contributed by atoms with E-state index in [1.165, 1.54) is 44.1 Å². The van der Waals surface area contributed by atoms with Gasteiger partial charge >= 0.3 is 0 Å². The molecule has 1 aliphatic rings. The molecule has 1 aliphatic carbocycles. The van der Waals surface area contributed by atoms with Crippen LogP contribution in [0, 0.1) is 5.92 Å². The molecule has 1 atom stereocenters. The summed E-state index contributed by atoms with van der Waals surface area (Å²) in [6, 6.07) is 0.371. The van der Waals surface area contributed by atoms with Gasteiger partial charge in [-0.1, -0.05) is 25.7 Å². The number of aryl methyl sites for hydroxylation is 2. The minimum Gasteiger partial charge on any atom is -0.328 e. The second-order valence-corrected chi connectivity index (χ2v) is 5.55. The highest BCUT2D eigenvalue weighted by Crippen LogP contribution is 2.29. The maximum Gasteiger partial charge on any atom is 0.0521 e. The molecule has 2 N–H and O–H groups in total. The molecule has 0 saturated heterocycles. The van der Waals surface area contributed by atoms with Gasteiger partial charge in [-0.25, -0.2) is 0 Å². The minimum atomic E-state index is 0.371. The molecule has 1 unspecified atom stereocenters. The summed E-state index contributed by atoms with van der Waals surface area (Å²) in [4.78, 5) is 0. The van der Waals surface area contributed by atoms with Crippen molar-refractivity contribution >= 4 is 0 Å². The van der Waals surface area contributed by atoms with Crippen LogP contribution in [0.5, 0.6) is 0 Å². The van der Waals surface area contributed by atoms with E-state index in [0.717, 1.165) is 18.8 Å². The van der Waals surface area contributed by atoms with Crippen molar-refractivity contribution in [2.24, 2.45) is 18.7 Å². The van der Waals surface area contributed by atoms with Gasteiger partial charge in [0.1, 0.15) is 0 Å². The van der Waals surface area contributed by atoms with Crippen molar-refractivity contribution < 1.29 is 0 Å². The first-order valence-corrected chi connectivity index (χ1v) is 6.97. The van der Waals surface area contributed by atoms with Crippen LogP contribution in [0.3, 0.4) is 0 Å². The fourth-order valence-corrected chi connectivity index (χ4v) is 2.85. The number of hydrogen-bond donors (Lipinski definition) is 1. The summed E-state index contributed by atoms with van der Waals surface area (Å²) in [7, 11) is 1.96. The highest BCUT2D eigenvalue weighted by Gasteiger charge is 2.15. The van der Waals surface area contributed by atoms with Crippen LogP contribution in [-0.2, 0) is 13.5 Å². The molecule has 0 amide bonds. The lowest BCUT2D eigenvalue weighted by Crippen LogP contribution is -2.21. The van der Waals surface area contributed by atoms with E-state index in [1.807, 2.05) is 17.9 Å². The molecule has 17 heavy (non-hydrogen) atoms. The average Bonchev–Trinajstić information content (AvgIpc) is 2.95. The normalized spacial score (nSPS) is 18.7. The summed E-state index contributed by atoms with van der Waals surface area (Å²) >= 11 is 0. The smallest absolute Gasteiger partial charge is 0.0521 e. The summed E-state index contributed by atoms with van der Waals surface area (Å²) < 4.78 is 1.86. The first-order chi connectivity index (χ1) is 8.24. The molecule has 96 valence electrons. The zero-order chi connectivity index (χ0) is 12.1. The van der Waals surface area contributed by atoms with Crippen LogP contribution in [0.1, 0.15) is 50.5 Å². The van der Waals surface area contributed by atoms with Gasteiger partial charge in [0.2, 0.25) is 0 Å². The van der Waals surface area contributed by atoms with Crippen molar-refractivity contribution in [3.8, 4) is 0 Å². The lowest BCUT2D eigenvalue weighted by Gasteiger charge is -2.14. The van der Waals surface area contributed by atoms with Crippen LogP contribution in [0.15, 0.2) is 12.4 Å². The van der Waals surface area contributed by atoms with E-state index < -0.39 is 0 Å². The molecular weight excluding hydrogens is 210 g/mol. The lowest BCUT2D eigenvalue weighted by atomic mass is 9.96. The summed E-state index contributed by atoms with van der Waals surface area (Å²) in [6.07, 6.45) is 14.5. The number of hydrogen-bond acceptors (Lipinski definition) is 2. The summed E-state index contributed by atoms with van der Waals surface area (Å²) in [5, 5.41) is 4.18. The molecule has 1 saturated carbocycles. The van der Waals surface area contributed by atoms with E-state index in [0.29, 0.717) is 6.04 Å². The predicted octanol–water partition coefficient (Wildman–Crippen LogP) is 2.65. The maximum atomic E-state index is 6.18. The Morgan fingerprint density at radius 3 is 2.82 bits per heavy atom. The second kappa shape index (κ2) is 6.20. The summed E-state index contributed by atoms with van der Waals surface area (Å²) in [5.41, 5.74) is 7.49. The van der Waals surface area contributed by atoms with Crippen molar-refractivity contribution in [3.05, 3.63) is 18.0 Å². The van der Waals surface area contributed by atoms with Gasteiger partial charge in [-0.3, -0.25) is 4.68 Å². The average molecular weight is 235 g/mol. The quantitative estimate of drug-likeness (QED) is 0.823. The zero-order valence-corrected chi connectivity index (χ0v) is 10.9. The van der Waals surface area contributed by atoms with E-state index in [4.69, 9.17) is 5.73 Å². The Hall–Kier alpha value is -0.830. The van der Waals surface area contributed by atoms with Crippen LogP contribution >= 0.6 is 0 Å². The van der Waals surface area contributed by atoms with E-state index in [2.05, 4.69) is 11.3 Å². The third-order valence-electron chi connectivity index (χ3n) is 3.98. The van der Waals surface area contributed by atoms with E-state index >= 15 is 0 Å². The molecule has 0 radical (unpaired) electrons. The number of aromatic nitrogens is 2. The van der Waals surface area contributed by atoms with Crippen molar-refractivity contribution in [3.63, 3.8) is 0 Å². The molecule has 3 nitrogen and oxygen atoms in total. The van der Waals surface area contributed by atoms with E-state index in [-0.39, 0.29) is 0 Å². The Bertz CT molecular complexity index is 326. The Morgan fingerprint density at radius 1 is 1.41 bits per heavy atom. The Labute approximate surface area is 104 Å². The van der Waals surface area contributed by atoms with Crippen molar-refractivity contribution in [2.45, 2.75) is 57.4 Å². The first-order valence-electron chi connectivity index (χ1n) is 6.97. The number of rotatable bonds is 6. The van der Waals surface area contributed by atoms with Gasteiger partial charge in [-0.05, 0) is 37.2 Å². The van der Waals surface area contributed by atoms with Gasteiger partial charge in [0.25, 0.3) is 0 Å². The fourth-order valence-electron chi connectivity index (χ4n) is 2.85. The molecule has 2 rings (SSSR count). The van der Waals surface area contributed by atoms with Gasteiger partial charge < -0.3 is 5.73 Å². The Balaban J connectivity index is 1.61. The van der Waals surface area contributed by atoms with Crippen LogP contribution in [0.25, 0.3) is 0 Å². The molecule has 0 spiro atoms. The van der Waals surface area contributed by atoms with Gasteiger partial charge in [0.05, 0.1) is 6.20 Å². The largest absolute Gasteiger partial charge is 0.328 e. The molecule has 1 aromatic heterocycles. The van der Waals surface area contributed by atoms with E-state index in [1.54, 1.807) is 0 Å². The first kappa shape index (κ1) is 12.6. The number of nitrogens with zero attached hydrogens (tertiary/aromatic N) is 2. The minimum absolute atomic E-state index is 0.371. The summed E-state index contributed by atoms with van der Waals surface area (Å²) in [6.45, 7) is 0. The molecule has 0 aliphatic heterocycles. The predicted molar refractivity (Wildman–Crippen MR) is 70.7 cm³/mol.